The molecule has 21 heavy (non-hydrogen) atoms. The standard InChI is InChI=1S/C18H35NO.Cu/c1-2-3-4-5-6-7-8-9-10-11-12-13-14-15-16-17-18(19)20;/h9-10H,2-8,11-17H2,1H3,(H2,19,20);/b10-9-;. The van der Waals surface area contributed by atoms with Crippen molar-refractivity contribution in [1.29, 1.82) is 0 Å². The summed E-state index contributed by atoms with van der Waals surface area (Å²) in [6.45, 7) is 2.26. The smallest absolute Gasteiger partial charge is 0.217 e. The number of hydrogen-bond donors (Lipinski definition) is 1. The van der Waals surface area contributed by atoms with Gasteiger partial charge in [-0.1, -0.05) is 70.4 Å². The van der Waals surface area contributed by atoms with Crippen molar-refractivity contribution >= 4 is 5.91 Å². The third-order valence-corrected chi connectivity index (χ3v) is 3.68. The molecule has 0 unspecified atom stereocenters. The molecule has 2 nitrogen and oxygen atoms in total. The average molecular weight is 345 g/mol. The van der Waals surface area contributed by atoms with Crippen molar-refractivity contribution in [1.82, 2.24) is 0 Å². The Hall–Kier alpha value is -0.271. The molecule has 0 saturated carbocycles. The van der Waals surface area contributed by atoms with Crippen molar-refractivity contribution in [3.63, 3.8) is 0 Å². The van der Waals surface area contributed by atoms with E-state index in [0.29, 0.717) is 6.42 Å². The van der Waals surface area contributed by atoms with Gasteiger partial charge in [0.05, 0.1) is 0 Å². The van der Waals surface area contributed by atoms with Gasteiger partial charge in [0.1, 0.15) is 0 Å². The van der Waals surface area contributed by atoms with Crippen LogP contribution in [0.15, 0.2) is 12.2 Å². The fourth-order valence-corrected chi connectivity index (χ4v) is 2.37. The summed E-state index contributed by atoms with van der Waals surface area (Å²) in [5, 5.41) is 0. The molecule has 0 aliphatic carbocycles. The fourth-order valence-electron chi connectivity index (χ4n) is 2.37. The van der Waals surface area contributed by atoms with Gasteiger partial charge in [-0.2, -0.15) is 0 Å². The summed E-state index contributed by atoms with van der Waals surface area (Å²) in [7, 11) is 0. The number of carbonyl (C=O) groups excluding carboxylic acids is 1. The van der Waals surface area contributed by atoms with Crippen LogP contribution in [0.4, 0.5) is 0 Å². The minimum Gasteiger partial charge on any atom is -0.370 e. The molecule has 0 aliphatic rings. The Morgan fingerprint density at radius 3 is 1.67 bits per heavy atom. The molecule has 1 radical (unpaired) electrons. The van der Waals surface area contributed by atoms with E-state index in [1.165, 1.54) is 70.6 Å². The second-order valence-electron chi connectivity index (χ2n) is 5.80. The van der Waals surface area contributed by atoms with Gasteiger partial charge in [0.25, 0.3) is 0 Å². The summed E-state index contributed by atoms with van der Waals surface area (Å²) in [5.74, 6) is -0.164. The van der Waals surface area contributed by atoms with Crippen LogP contribution in [0, 0.1) is 0 Å². The number of amides is 1. The summed E-state index contributed by atoms with van der Waals surface area (Å²) in [6, 6.07) is 0. The van der Waals surface area contributed by atoms with Crippen molar-refractivity contribution in [2.24, 2.45) is 5.73 Å². The molecule has 0 aromatic rings. The number of allylic oxidation sites excluding steroid dienone is 2. The molecule has 2 N–H and O–H groups in total. The maximum atomic E-state index is 10.5. The van der Waals surface area contributed by atoms with E-state index < -0.39 is 0 Å². The van der Waals surface area contributed by atoms with Gasteiger partial charge in [0, 0.05) is 23.5 Å². The Labute approximate surface area is 142 Å². The van der Waals surface area contributed by atoms with E-state index in [4.69, 9.17) is 5.73 Å². The number of unbranched alkanes of at least 4 members (excludes halogenated alkanes) is 11. The SMILES string of the molecule is CCCCCCCC/C=C\CCCCCCCC(N)=O.[Cu]. The molecule has 0 fully saturated rings. The zero-order chi connectivity index (χ0) is 14.9. The van der Waals surface area contributed by atoms with E-state index in [1.54, 1.807) is 0 Å². The second-order valence-corrected chi connectivity index (χ2v) is 5.80. The Morgan fingerprint density at radius 1 is 0.762 bits per heavy atom. The van der Waals surface area contributed by atoms with Crippen LogP contribution in [0.5, 0.6) is 0 Å². The third kappa shape index (κ3) is 22.2. The summed E-state index contributed by atoms with van der Waals surface area (Å²) in [6.07, 6.45) is 21.9. The molecule has 0 atom stereocenters. The maximum Gasteiger partial charge on any atom is 0.217 e. The Bertz CT molecular complexity index is 241. The van der Waals surface area contributed by atoms with Crippen molar-refractivity contribution in [2.75, 3.05) is 0 Å². The predicted molar refractivity (Wildman–Crippen MR) is 88.6 cm³/mol. The van der Waals surface area contributed by atoms with Crippen LogP contribution >= 0.6 is 0 Å². The van der Waals surface area contributed by atoms with Gasteiger partial charge in [-0.3, -0.25) is 4.79 Å². The van der Waals surface area contributed by atoms with Crippen LogP contribution in [0.25, 0.3) is 0 Å². The molecular formula is C18H35CuNO. The van der Waals surface area contributed by atoms with Crippen LogP contribution in [-0.4, -0.2) is 5.91 Å². The number of nitrogens with two attached hydrogens (primary N) is 1. The normalized spacial score (nSPS) is 10.7. The molecule has 0 aromatic heterocycles. The van der Waals surface area contributed by atoms with Crippen LogP contribution < -0.4 is 5.73 Å². The first-order valence-corrected chi connectivity index (χ1v) is 8.70. The Balaban J connectivity index is 0. The summed E-state index contributed by atoms with van der Waals surface area (Å²) < 4.78 is 0. The predicted octanol–water partition coefficient (Wildman–Crippen LogP) is 5.51. The van der Waals surface area contributed by atoms with Crippen molar-refractivity contribution < 1.29 is 21.9 Å². The molecular weight excluding hydrogens is 310 g/mol. The summed E-state index contributed by atoms with van der Waals surface area (Å²) >= 11 is 0. The maximum absolute atomic E-state index is 10.5. The van der Waals surface area contributed by atoms with Crippen LogP contribution in [-0.2, 0) is 21.9 Å². The average Bonchev–Trinajstić information content (AvgIpc) is 2.43. The molecule has 0 aliphatic heterocycles. The number of primary amides is 1. The molecule has 3 heteroatoms. The van der Waals surface area contributed by atoms with E-state index in [2.05, 4.69) is 19.1 Å². The zero-order valence-corrected chi connectivity index (χ0v) is 14.8. The first kappa shape index (κ1) is 23.0. The number of rotatable bonds is 15. The molecule has 0 spiro atoms. The van der Waals surface area contributed by atoms with Gasteiger partial charge >= 0.3 is 0 Å². The monoisotopic (exact) mass is 344 g/mol. The number of hydrogen-bond acceptors (Lipinski definition) is 1. The first-order chi connectivity index (χ1) is 9.77. The topological polar surface area (TPSA) is 43.1 Å². The van der Waals surface area contributed by atoms with E-state index in [9.17, 15) is 4.79 Å². The van der Waals surface area contributed by atoms with Gasteiger partial charge in [0.15, 0.2) is 0 Å². The molecule has 0 rings (SSSR count). The van der Waals surface area contributed by atoms with Crippen LogP contribution in [0.2, 0.25) is 0 Å². The fraction of sp³-hybridized carbons (Fsp3) is 0.833. The molecule has 1 amide bonds. The Morgan fingerprint density at radius 2 is 1.19 bits per heavy atom. The van der Waals surface area contributed by atoms with Crippen molar-refractivity contribution in [2.45, 2.75) is 96.8 Å². The molecule has 0 saturated heterocycles. The van der Waals surface area contributed by atoms with Crippen molar-refractivity contribution in [3.8, 4) is 0 Å². The van der Waals surface area contributed by atoms with Crippen LogP contribution in [0.1, 0.15) is 96.8 Å². The minimum absolute atomic E-state index is 0. The van der Waals surface area contributed by atoms with Gasteiger partial charge in [-0.25, -0.2) is 0 Å². The molecule has 0 heterocycles. The van der Waals surface area contributed by atoms with E-state index in [-0.39, 0.29) is 23.0 Å². The van der Waals surface area contributed by atoms with E-state index in [1.807, 2.05) is 0 Å². The van der Waals surface area contributed by atoms with Gasteiger partial charge in [0.2, 0.25) is 5.91 Å². The largest absolute Gasteiger partial charge is 0.370 e. The summed E-state index contributed by atoms with van der Waals surface area (Å²) in [4.78, 5) is 10.5. The Kier molecular flexibility index (Phi) is 21.6. The summed E-state index contributed by atoms with van der Waals surface area (Å²) in [5.41, 5.74) is 5.10. The number of carbonyl (C=O) groups is 1. The molecule has 0 bridgehead atoms. The van der Waals surface area contributed by atoms with Gasteiger partial charge in [-0.05, 0) is 32.1 Å². The third-order valence-electron chi connectivity index (χ3n) is 3.68. The van der Waals surface area contributed by atoms with E-state index in [0.717, 1.165) is 12.8 Å². The molecule has 0 aromatic carbocycles. The van der Waals surface area contributed by atoms with Gasteiger partial charge < -0.3 is 5.73 Å². The zero-order valence-electron chi connectivity index (χ0n) is 13.8. The molecule has 129 valence electrons. The quantitative estimate of drug-likeness (QED) is 0.237. The minimum atomic E-state index is -0.164. The second kappa shape index (κ2) is 19.7. The van der Waals surface area contributed by atoms with Crippen LogP contribution in [0.3, 0.4) is 0 Å². The van der Waals surface area contributed by atoms with Gasteiger partial charge in [-0.15, -0.1) is 0 Å². The van der Waals surface area contributed by atoms with E-state index >= 15 is 0 Å². The first-order valence-electron chi connectivity index (χ1n) is 8.70. The van der Waals surface area contributed by atoms with Crippen molar-refractivity contribution in [3.05, 3.63) is 12.2 Å².